The van der Waals surface area contributed by atoms with Crippen LogP contribution < -0.4 is 5.73 Å². The van der Waals surface area contributed by atoms with Crippen molar-refractivity contribution in [1.82, 2.24) is 9.78 Å². The molecule has 1 fully saturated rings. The van der Waals surface area contributed by atoms with E-state index in [9.17, 15) is 0 Å². The molecule has 0 atom stereocenters. The summed E-state index contributed by atoms with van der Waals surface area (Å²) in [5.41, 5.74) is 7.95. The Hall–Kier alpha value is -0.870. The SMILES string of the molecule is CCn1nc(CN)cc1C1CCOCC1. The van der Waals surface area contributed by atoms with Crippen LogP contribution in [0.25, 0.3) is 0 Å². The Morgan fingerprint density at radius 3 is 2.87 bits per heavy atom. The van der Waals surface area contributed by atoms with Crippen molar-refractivity contribution in [2.24, 2.45) is 5.73 Å². The second kappa shape index (κ2) is 4.77. The van der Waals surface area contributed by atoms with Gasteiger partial charge >= 0.3 is 0 Å². The zero-order chi connectivity index (χ0) is 10.7. The van der Waals surface area contributed by atoms with E-state index >= 15 is 0 Å². The molecule has 15 heavy (non-hydrogen) atoms. The van der Waals surface area contributed by atoms with E-state index in [1.165, 1.54) is 5.69 Å². The molecule has 2 heterocycles. The van der Waals surface area contributed by atoms with Crippen molar-refractivity contribution in [3.8, 4) is 0 Å². The molecule has 0 amide bonds. The number of aryl methyl sites for hydroxylation is 1. The zero-order valence-corrected chi connectivity index (χ0v) is 9.28. The van der Waals surface area contributed by atoms with Gasteiger partial charge in [0, 0.05) is 37.9 Å². The molecular formula is C11H19N3O. The van der Waals surface area contributed by atoms with Gasteiger partial charge in [-0.15, -0.1) is 0 Å². The van der Waals surface area contributed by atoms with Gasteiger partial charge in [0.2, 0.25) is 0 Å². The first-order valence-electron chi connectivity index (χ1n) is 5.69. The Balaban J connectivity index is 2.20. The monoisotopic (exact) mass is 209 g/mol. The normalized spacial score (nSPS) is 18.3. The van der Waals surface area contributed by atoms with Crippen molar-refractivity contribution < 1.29 is 4.74 Å². The van der Waals surface area contributed by atoms with Crippen LogP contribution in [0.1, 0.15) is 37.1 Å². The van der Waals surface area contributed by atoms with Crippen LogP contribution in [0.2, 0.25) is 0 Å². The van der Waals surface area contributed by atoms with Gasteiger partial charge < -0.3 is 10.5 Å². The van der Waals surface area contributed by atoms with Crippen molar-refractivity contribution in [3.05, 3.63) is 17.5 Å². The molecule has 2 rings (SSSR count). The summed E-state index contributed by atoms with van der Waals surface area (Å²) in [7, 11) is 0. The molecule has 2 N–H and O–H groups in total. The van der Waals surface area contributed by atoms with Gasteiger partial charge in [0.15, 0.2) is 0 Å². The molecule has 4 heteroatoms. The highest BCUT2D eigenvalue weighted by Crippen LogP contribution is 2.27. The molecular weight excluding hydrogens is 190 g/mol. The van der Waals surface area contributed by atoms with E-state index in [-0.39, 0.29) is 0 Å². The van der Waals surface area contributed by atoms with Crippen LogP contribution in [0, 0.1) is 0 Å². The first-order chi connectivity index (χ1) is 7.35. The zero-order valence-electron chi connectivity index (χ0n) is 9.28. The van der Waals surface area contributed by atoms with E-state index in [1.54, 1.807) is 0 Å². The second-order valence-corrected chi connectivity index (χ2v) is 3.97. The number of hydrogen-bond donors (Lipinski definition) is 1. The molecule has 0 aliphatic carbocycles. The highest BCUT2D eigenvalue weighted by atomic mass is 16.5. The topological polar surface area (TPSA) is 53.1 Å². The summed E-state index contributed by atoms with van der Waals surface area (Å²) in [6.07, 6.45) is 2.21. The van der Waals surface area contributed by atoms with Crippen molar-refractivity contribution in [1.29, 1.82) is 0 Å². The van der Waals surface area contributed by atoms with Crippen LogP contribution in [-0.2, 0) is 17.8 Å². The fourth-order valence-electron chi connectivity index (χ4n) is 2.16. The number of nitrogens with zero attached hydrogens (tertiary/aromatic N) is 2. The summed E-state index contributed by atoms with van der Waals surface area (Å²) < 4.78 is 7.46. The lowest BCUT2D eigenvalue weighted by Gasteiger charge is -2.22. The minimum absolute atomic E-state index is 0.531. The Bertz CT molecular complexity index is 316. The van der Waals surface area contributed by atoms with Gasteiger partial charge in [0.1, 0.15) is 0 Å². The lowest BCUT2D eigenvalue weighted by Crippen LogP contribution is -2.17. The third-order valence-electron chi connectivity index (χ3n) is 3.01. The Labute approximate surface area is 90.4 Å². The van der Waals surface area contributed by atoms with Gasteiger partial charge in [-0.3, -0.25) is 4.68 Å². The van der Waals surface area contributed by atoms with Gasteiger partial charge in [0.05, 0.1) is 5.69 Å². The standard InChI is InChI=1S/C11H19N3O/c1-2-14-11(7-10(8-12)13-14)9-3-5-15-6-4-9/h7,9H,2-6,8,12H2,1H3. The van der Waals surface area contributed by atoms with Gasteiger partial charge in [-0.25, -0.2) is 0 Å². The van der Waals surface area contributed by atoms with E-state index in [1.807, 2.05) is 0 Å². The molecule has 1 aromatic rings. The maximum Gasteiger partial charge on any atom is 0.0763 e. The van der Waals surface area contributed by atoms with E-state index in [0.29, 0.717) is 12.5 Å². The van der Waals surface area contributed by atoms with E-state index in [0.717, 1.165) is 38.3 Å². The van der Waals surface area contributed by atoms with Gasteiger partial charge in [-0.1, -0.05) is 0 Å². The molecule has 0 spiro atoms. The van der Waals surface area contributed by atoms with Crippen LogP contribution >= 0.6 is 0 Å². The summed E-state index contributed by atoms with van der Waals surface area (Å²) in [6, 6.07) is 2.15. The fraction of sp³-hybridized carbons (Fsp3) is 0.727. The number of rotatable bonds is 3. The molecule has 0 bridgehead atoms. The van der Waals surface area contributed by atoms with Crippen molar-refractivity contribution in [2.45, 2.75) is 38.8 Å². The molecule has 0 radical (unpaired) electrons. The minimum atomic E-state index is 0.531. The Morgan fingerprint density at radius 2 is 2.27 bits per heavy atom. The van der Waals surface area contributed by atoms with Crippen LogP contribution in [0.4, 0.5) is 0 Å². The summed E-state index contributed by atoms with van der Waals surface area (Å²) in [5.74, 6) is 0.603. The maximum absolute atomic E-state index is 5.62. The predicted molar refractivity (Wildman–Crippen MR) is 58.6 cm³/mol. The predicted octanol–water partition coefficient (Wildman–Crippen LogP) is 1.26. The molecule has 1 saturated heterocycles. The molecule has 84 valence electrons. The van der Waals surface area contributed by atoms with Gasteiger partial charge in [0.25, 0.3) is 0 Å². The first kappa shape index (κ1) is 10.6. The van der Waals surface area contributed by atoms with Crippen molar-refractivity contribution in [2.75, 3.05) is 13.2 Å². The van der Waals surface area contributed by atoms with Gasteiger partial charge in [-0.2, -0.15) is 5.10 Å². The molecule has 0 unspecified atom stereocenters. The van der Waals surface area contributed by atoms with Crippen LogP contribution in [0.5, 0.6) is 0 Å². The number of hydrogen-bond acceptors (Lipinski definition) is 3. The largest absolute Gasteiger partial charge is 0.381 e. The molecule has 1 aliphatic heterocycles. The van der Waals surface area contributed by atoms with Gasteiger partial charge in [-0.05, 0) is 25.8 Å². The molecule has 1 aromatic heterocycles. The maximum atomic E-state index is 5.62. The Kier molecular flexibility index (Phi) is 3.38. The fourth-order valence-corrected chi connectivity index (χ4v) is 2.16. The highest BCUT2D eigenvalue weighted by Gasteiger charge is 2.20. The minimum Gasteiger partial charge on any atom is -0.381 e. The molecule has 0 aromatic carbocycles. The quantitative estimate of drug-likeness (QED) is 0.815. The van der Waals surface area contributed by atoms with Crippen molar-refractivity contribution in [3.63, 3.8) is 0 Å². The number of aromatic nitrogens is 2. The summed E-state index contributed by atoms with van der Waals surface area (Å²) in [6.45, 7) is 5.32. The smallest absolute Gasteiger partial charge is 0.0763 e. The summed E-state index contributed by atoms with van der Waals surface area (Å²) >= 11 is 0. The molecule has 4 nitrogen and oxygen atoms in total. The highest BCUT2D eigenvalue weighted by molar-refractivity contribution is 5.15. The average molecular weight is 209 g/mol. The third kappa shape index (κ3) is 2.21. The molecule has 0 saturated carbocycles. The molecule has 1 aliphatic rings. The van der Waals surface area contributed by atoms with E-state index in [2.05, 4.69) is 22.8 Å². The first-order valence-corrected chi connectivity index (χ1v) is 5.69. The Morgan fingerprint density at radius 1 is 1.53 bits per heavy atom. The third-order valence-corrected chi connectivity index (χ3v) is 3.01. The van der Waals surface area contributed by atoms with Crippen molar-refractivity contribution >= 4 is 0 Å². The summed E-state index contributed by atoms with van der Waals surface area (Å²) in [5, 5.41) is 4.47. The van der Waals surface area contributed by atoms with Crippen LogP contribution in [0.15, 0.2) is 6.07 Å². The lowest BCUT2D eigenvalue weighted by molar-refractivity contribution is 0.0835. The number of ether oxygens (including phenoxy) is 1. The van der Waals surface area contributed by atoms with E-state index in [4.69, 9.17) is 10.5 Å². The number of nitrogens with two attached hydrogens (primary N) is 1. The summed E-state index contributed by atoms with van der Waals surface area (Å²) in [4.78, 5) is 0. The second-order valence-electron chi connectivity index (χ2n) is 3.97. The van der Waals surface area contributed by atoms with Crippen LogP contribution in [-0.4, -0.2) is 23.0 Å². The van der Waals surface area contributed by atoms with E-state index < -0.39 is 0 Å². The average Bonchev–Trinajstić information content (AvgIpc) is 2.73. The lowest BCUT2D eigenvalue weighted by atomic mass is 9.96. The van der Waals surface area contributed by atoms with Crippen LogP contribution in [0.3, 0.4) is 0 Å².